The number of rotatable bonds is 8. The van der Waals surface area contributed by atoms with Gasteiger partial charge in [-0.2, -0.15) is 11.8 Å². The van der Waals surface area contributed by atoms with Gasteiger partial charge in [-0.25, -0.2) is 4.79 Å². The monoisotopic (exact) mass is 276 g/mol. The van der Waals surface area contributed by atoms with E-state index < -0.39 is 12.0 Å². The SMILES string of the molecule is CSCC(C)NC(=O)NC(=O)CCCCC(=O)O. The van der Waals surface area contributed by atoms with Gasteiger partial charge in [0.05, 0.1) is 0 Å². The van der Waals surface area contributed by atoms with Gasteiger partial charge in [0.15, 0.2) is 0 Å². The molecule has 18 heavy (non-hydrogen) atoms. The molecule has 0 aromatic carbocycles. The lowest BCUT2D eigenvalue weighted by Gasteiger charge is -2.12. The number of imide groups is 1. The van der Waals surface area contributed by atoms with Crippen LogP contribution in [0, 0.1) is 0 Å². The lowest BCUT2D eigenvalue weighted by Crippen LogP contribution is -2.44. The summed E-state index contributed by atoms with van der Waals surface area (Å²) in [5.74, 6) is -0.478. The quantitative estimate of drug-likeness (QED) is 0.579. The van der Waals surface area contributed by atoms with Gasteiger partial charge in [-0.05, 0) is 26.0 Å². The number of carboxylic acids is 1. The van der Waals surface area contributed by atoms with E-state index in [9.17, 15) is 14.4 Å². The predicted octanol–water partition coefficient (Wildman–Crippen LogP) is 1.21. The Morgan fingerprint density at radius 3 is 2.39 bits per heavy atom. The van der Waals surface area contributed by atoms with Gasteiger partial charge in [-0.1, -0.05) is 0 Å². The fraction of sp³-hybridized carbons (Fsp3) is 0.727. The Bertz CT molecular complexity index is 297. The number of hydrogen-bond acceptors (Lipinski definition) is 4. The molecule has 0 aliphatic rings. The van der Waals surface area contributed by atoms with Crippen LogP contribution in [0.15, 0.2) is 0 Å². The van der Waals surface area contributed by atoms with Crippen LogP contribution in [0.2, 0.25) is 0 Å². The summed E-state index contributed by atoms with van der Waals surface area (Å²) >= 11 is 1.61. The zero-order valence-corrected chi connectivity index (χ0v) is 11.5. The van der Waals surface area contributed by atoms with E-state index in [0.29, 0.717) is 12.8 Å². The first-order valence-corrected chi connectivity index (χ1v) is 7.16. The van der Waals surface area contributed by atoms with Crippen LogP contribution in [0.5, 0.6) is 0 Å². The summed E-state index contributed by atoms with van der Waals surface area (Å²) in [6.07, 6.45) is 3.05. The van der Waals surface area contributed by atoms with E-state index >= 15 is 0 Å². The van der Waals surface area contributed by atoms with Gasteiger partial charge in [-0.15, -0.1) is 0 Å². The molecule has 3 amide bonds. The van der Waals surface area contributed by atoms with E-state index in [4.69, 9.17) is 5.11 Å². The zero-order valence-electron chi connectivity index (χ0n) is 10.7. The Balaban J connectivity index is 3.67. The number of unbranched alkanes of at least 4 members (excludes halogenated alkanes) is 1. The molecule has 104 valence electrons. The van der Waals surface area contributed by atoms with Gasteiger partial charge >= 0.3 is 12.0 Å². The summed E-state index contributed by atoms with van der Waals surface area (Å²) in [4.78, 5) is 32.9. The van der Waals surface area contributed by atoms with Crippen LogP contribution in [-0.4, -0.2) is 41.1 Å². The van der Waals surface area contributed by atoms with Crippen LogP contribution < -0.4 is 10.6 Å². The third-order valence-corrected chi connectivity index (χ3v) is 2.92. The molecule has 0 bridgehead atoms. The highest BCUT2D eigenvalue weighted by molar-refractivity contribution is 7.98. The van der Waals surface area contributed by atoms with E-state index in [1.165, 1.54) is 0 Å². The fourth-order valence-electron chi connectivity index (χ4n) is 1.30. The van der Waals surface area contributed by atoms with Crippen LogP contribution in [-0.2, 0) is 9.59 Å². The number of aliphatic carboxylic acids is 1. The highest BCUT2D eigenvalue weighted by Gasteiger charge is 2.10. The molecule has 0 heterocycles. The zero-order chi connectivity index (χ0) is 14.0. The number of thioether (sulfide) groups is 1. The normalized spacial score (nSPS) is 11.7. The first-order chi connectivity index (χ1) is 8.45. The van der Waals surface area contributed by atoms with E-state index in [1.54, 1.807) is 11.8 Å². The standard InChI is InChI=1S/C11H20N2O4S/c1-8(7-18-2)12-11(17)13-9(14)5-3-4-6-10(15)16/h8H,3-7H2,1-2H3,(H,15,16)(H2,12,13,14,17). The molecule has 7 heteroatoms. The summed E-state index contributed by atoms with van der Waals surface area (Å²) in [5, 5.41) is 13.3. The fourth-order valence-corrected chi connectivity index (χ4v) is 1.89. The summed E-state index contributed by atoms with van der Waals surface area (Å²) < 4.78 is 0. The molecule has 6 nitrogen and oxygen atoms in total. The number of nitrogens with one attached hydrogen (secondary N) is 2. The van der Waals surface area contributed by atoms with Crippen molar-refractivity contribution in [2.24, 2.45) is 0 Å². The largest absolute Gasteiger partial charge is 0.481 e. The first kappa shape index (κ1) is 16.8. The molecule has 0 saturated heterocycles. The summed E-state index contributed by atoms with van der Waals surface area (Å²) in [6.45, 7) is 1.85. The predicted molar refractivity (Wildman–Crippen MR) is 70.6 cm³/mol. The van der Waals surface area contributed by atoms with Crippen LogP contribution in [0.3, 0.4) is 0 Å². The number of hydrogen-bond donors (Lipinski definition) is 3. The Kier molecular flexibility index (Phi) is 9.08. The molecule has 0 aliphatic heterocycles. The lowest BCUT2D eigenvalue weighted by atomic mass is 10.2. The van der Waals surface area contributed by atoms with Gasteiger partial charge in [0.2, 0.25) is 5.91 Å². The van der Waals surface area contributed by atoms with E-state index in [1.807, 2.05) is 13.2 Å². The number of carbonyl (C=O) groups excluding carboxylic acids is 2. The molecule has 0 aliphatic carbocycles. The minimum atomic E-state index is -0.876. The molecule has 0 spiro atoms. The Labute approximate surface area is 111 Å². The van der Waals surface area contributed by atoms with E-state index in [-0.39, 0.29) is 24.8 Å². The lowest BCUT2D eigenvalue weighted by molar-refractivity contribution is -0.137. The average Bonchev–Trinajstić information content (AvgIpc) is 2.24. The van der Waals surface area contributed by atoms with Crippen molar-refractivity contribution < 1.29 is 19.5 Å². The minimum Gasteiger partial charge on any atom is -0.481 e. The molecule has 1 atom stereocenters. The van der Waals surface area contributed by atoms with Crippen molar-refractivity contribution in [3.63, 3.8) is 0 Å². The molecule has 1 unspecified atom stereocenters. The first-order valence-electron chi connectivity index (χ1n) is 5.76. The molecule has 0 saturated carbocycles. The van der Waals surface area contributed by atoms with Gasteiger partial charge in [0.1, 0.15) is 0 Å². The second kappa shape index (κ2) is 9.76. The molecule has 0 rings (SSSR count). The number of carbonyl (C=O) groups is 3. The molecule has 0 radical (unpaired) electrons. The van der Waals surface area contributed by atoms with Crippen molar-refractivity contribution in [3.8, 4) is 0 Å². The van der Waals surface area contributed by atoms with Crippen molar-refractivity contribution in [1.82, 2.24) is 10.6 Å². The maximum atomic E-state index is 11.3. The second-order valence-corrected chi connectivity index (χ2v) is 4.89. The van der Waals surface area contributed by atoms with Crippen LogP contribution in [0.25, 0.3) is 0 Å². The average molecular weight is 276 g/mol. The third-order valence-electron chi connectivity index (χ3n) is 2.09. The maximum Gasteiger partial charge on any atom is 0.321 e. The Hall–Kier alpha value is -1.24. The molecule has 0 aromatic rings. The maximum absolute atomic E-state index is 11.3. The molecular formula is C11H20N2O4S. The van der Waals surface area contributed by atoms with Gasteiger partial charge in [0, 0.05) is 24.6 Å². The van der Waals surface area contributed by atoms with Crippen molar-refractivity contribution in [2.45, 2.75) is 38.6 Å². The van der Waals surface area contributed by atoms with E-state index in [2.05, 4.69) is 10.6 Å². The number of urea groups is 1. The van der Waals surface area contributed by atoms with Crippen molar-refractivity contribution in [1.29, 1.82) is 0 Å². The van der Waals surface area contributed by atoms with Gasteiger partial charge in [-0.3, -0.25) is 14.9 Å². The highest BCUT2D eigenvalue weighted by Crippen LogP contribution is 2.00. The van der Waals surface area contributed by atoms with Crippen LogP contribution >= 0.6 is 11.8 Å². The van der Waals surface area contributed by atoms with Crippen LogP contribution in [0.1, 0.15) is 32.6 Å². The molecule has 0 aromatic heterocycles. The van der Waals surface area contributed by atoms with Gasteiger partial charge < -0.3 is 10.4 Å². The van der Waals surface area contributed by atoms with Crippen LogP contribution in [0.4, 0.5) is 4.79 Å². The smallest absolute Gasteiger partial charge is 0.321 e. The van der Waals surface area contributed by atoms with Crippen molar-refractivity contribution in [2.75, 3.05) is 12.0 Å². The van der Waals surface area contributed by atoms with Gasteiger partial charge in [0.25, 0.3) is 0 Å². The topological polar surface area (TPSA) is 95.5 Å². The number of carboxylic acid groups (broad SMARTS) is 1. The summed E-state index contributed by atoms with van der Waals surface area (Å²) in [7, 11) is 0. The molecule has 0 fully saturated rings. The third kappa shape index (κ3) is 9.95. The van der Waals surface area contributed by atoms with Crippen molar-refractivity contribution in [3.05, 3.63) is 0 Å². The summed E-state index contributed by atoms with van der Waals surface area (Å²) in [5.41, 5.74) is 0. The molecule has 3 N–H and O–H groups in total. The van der Waals surface area contributed by atoms with Crippen molar-refractivity contribution >= 4 is 29.7 Å². The highest BCUT2D eigenvalue weighted by atomic mass is 32.2. The van der Waals surface area contributed by atoms with E-state index in [0.717, 1.165) is 5.75 Å². The number of amides is 3. The Morgan fingerprint density at radius 1 is 1.22 bits per heavy atom. The Morgan fingerprint density at radius 2 is 1.83 bits per heavy atom. The second-order valence-electron chi connectivity index (χ2n) is 3.98. The molecular weight excluding hydrogens is 256 g/mol. The minimum absolute atomic E-state index is 0.000176. The summed E-state index contributed by atoms with van der Waals surface area (Å²) in [6, 6.07) is -0.500.